The Kier molecular flexibility index (Phi) is 9.07. The number of fused-ring (bicyclic) bond motifs is 6. The summed E-state index contributed by atoms with van der Waals surface area (Å²) in [7, 11) is 3.42. The van der Waals surface area contributed by atoms with E-state index < -0.39 is 12.1 Å². The Bertz CT molecular complexity index is 1500. The van der Waals surface area contributed by atoms with Crippen LogP contribution in [0.15, 0.2) is 24.3 Å². The zero-order valence-electron chi connectivity index (χ0n) is 27.8. The van der Waals surface area contributed by atoms with Gasteiger partial charge in [-0.25, -0.2) is 0 Å². The predicted molar refractivity (Wildman–Crippen MR) is 178 cm³/mol. The summed E-state index contributed by atoms with van der Waals surface area (Å²) in [5, 5.41) is 0. The van der Waals surface area contributed by atoms with Crippen LogP contribution in [0.2, 0.25) is 0 Å². The zero-order chi connectivity index (χ0) is 33.4. The molecule has 2 atom stereocenters. The molecular weight excluding hydrogens is 616 g/mol. The molecule has 2 saturated heterocycles. The van der Waals surface area contributed by atoms with Crippen LogP contribution in [0, 0.1) is 0 Å². The fraction of sp³-hybridized carbons (Fsp3) is 0.556. The van der Waals surface area contributed by atoms with E-state index in [0.29, 0.717) is 91.1 Å². The molecule has 12 heteroatoms. The van der Waals surface area contributed by atoms with Gasteiger partial charge in [-0.15, -0.1) is 0 Å². The number of carbonyl (C=O) groups excluding carboxylic acids is 4. The van der Waals surface area contributed by atoms with Crippen molar-refractivity contribution in [3.8, 4) is 23.0 Å². The lowest BCUT2D eigenvalue weighted by molar-refractivity contribution is -0.122. The highest BCUT2D eigenvalue weighted by Crippen LogP contribution is 2.41. The summed E-state index contributed by atoms with van der Waals surface area (Å²) < 4.78 is 24.9. The van der Waals surface area contributed by atoms with Gasteiger partial charge in [-0.05, 0) is 50.7 Å². The highest BCUT2D eigenvalue weighted by Gasteiger charge is 2.43. The molecule has 4 amide bonds. The number of likely N-dealkylation sites (N-methyl/N-ethyl adjacent to an activating group) is 2. The van der Waals surface area contributed by atoms with Crippen LogP contribution in [-0.4, -0.2) is 99.1 Å². The van der Waals surface area contributed by atoms with Crippen molar-refractivity contribution < 1.29 is 38.1 Å². The Morgan fingerprint density at radius 2 is 0.875 bits per heavy atom. The lowest BCUT2D eigenvalue weighted by atomic mass is 10.1. The van der Waals surface area contributed by atoms with Gasteiger partial charge in [-0.2, -0.15) is 0 Å². The molecule has 0 spiro atoms. The molecule has 0 unspecified atom stereocenters. The fourth-order valence-electron chi connectivity index (χ4n) is 7.50. The first-order valence-electron chi connectivity index (χ1n) is 17.4. The van der Waals surface area contributed by atoms with Crippen molar-refractivity contribution in [1.29, 1.82) is 0 Å². The summed E-state index contributed by atoms with van der Waals surface area (Å²) in [5.41, 5.74) is 1.92. The molecule has 2 aromatic rings. The Balaban J connectivity index is 1.13. The molecule has 7 rings (SSSR count). The molecule has 0 saturated carbocycles. The van der Waals surface area contributed by atoms with Crippen molar-refractivity contribution in [3.63, 3.8) is 0 Å². The van der Waals surface area contributed by atoms with E-state index in [9.17, 15) is 19.2 Å². The zero-order valence-corrected chi connectivity index (χ0v) is 27.8. The molecule has 0 aromatic heterocycles. The smallest absolute Gasteiger partial charge is 0.256 e. The Labute approximate surface area is 280 Å². The van der Waals surface area contributed by atoms with Crippen molar-refractivity contribution in [3.05, 3.63) is 35.4 Å². The molecule has 2 fully saturated rings. The van der Waals surface area contributed by atoms with Gasteiger partial charge in [-0.3, -0.25) is 19.2 Å². The first-order valence-corrected chi connectivity index (χ1v) is 17.4. The van der Waals surface area contributed by atoms with Crippen molar-refractivity contribution in [2.24, 2.45) is 0 Å². The maximum atomic E-state index is 13.6. The minimum absolute atomic E-state index is 0.0951. The topological polar surface area (TPSA) is 118 Å². The summed E-state index contributed by atoms with van der Waals surface area (Å²) >= 11 is 0. The van der Waals surface area contributed by atoms with Crippen LogP contribution in [0.25, 0.3) is 0 Å². The molecule has 5 aliphatic rings. The van der Waals surface area contributed by atoms with Gasteiger partial charge in [0.2, 0.25) is 11.8 Å². The third kappa shape index (κ3) is 5.90. The lowest BCUT2D eigenvalue weighted by Crippen LogP contribution is -2.43. The van der Waals surface area contributed by atoms with Crippen LogP contribution in [0.1, 0.15) is 84.9 Å². The molecule has 0 aliphatic carbocycles. The van der Waals surface area contributed by atoms with Gasteiger partial charge in [0.25, 0.3) is 11.8 Å². The number of amides is 4. The third-order valence-electron chi connectivity index (χ3n) is 10.2. The fourth-order valence-corrected chi connectivity index (χ4v) is 7.50. The van der Waals surface area contributed by atoms with E-state index in [-0.39, 0.29) is 36.8 Å². The summed E-state index contributed by atoms with van der Waals surface area (Å²) in [6.07, 6.45) is 8.04. The van der Waals surface area contributed by atoms with E-state index in [0.717, 1.165) is 44.9 Å². The van der Waals surface area contributed by atoms with Crippen LogP contribution in [-0.2, 0) is 9.59 Å². The van der Waals surface area contributed by atoms with Gasteiger partial charge in [0.1, 0.15) is 12.1 Å². The number of anilines is 2. The molecule has 12 nitrogen and oxygen atoms in total. The molecule has 5 heterocycles. The van der Waals surface area contributed by atoms with Crippen LogP contribution in [0.3, 0.4) is 0 Å². The average Bonchev–Trinajstić information content (AvgIpc) is 3.77. The van der Waals surface area contributed by atoms with Crippen LogP contribution < -0.4 is 28.7 Å². The van der Waals surface area contributed by atoms with Gasteiger partial charge >= 0.3 is 0 Å². The van der Waals surface area contributed by atoms with Crippen molar-refractivity contribution in [2.75, 3.05) is 63.4 Å². The second kappa shape index (κ2) is 13.6. The number of ether oxygens (including phenoxy) is 4. The van der Waals surface area contributed by atoms with Gasteiger partial charge in [0, 0.05) is 45.7 Å². The summed E-state index contributed by atoms with van der Waals surface area (Å²) in [4.78, 5) is 60.3. The minimum atomic E-state index is -0.446. The van der Waals surface area contributed by atoms with E-state index >= 15 is 0 Å². The third-order valence-corrected chi connectivity index (χ3v) is 10.2. The number of rotatable bonds is 0. The normalized spacial score (nSPS) is 23.8. The first-order chi connectivity index (χ1) is 23.3. The second-order valence-corrected chi connectivity index (χ2v) is 13.3. The highest BCUT2D eigenvalue weighted by molar-refractivity contribution is 6.12. The van der Waals surface area contributed by atoms with Crippen LogP contribution >= 0.6 is 0 Å². The molecular formula is C36H44N4O8. The SMILES string of the molecule is CN1C(=O)[C@@H]2CCCN2C(=O)c2cc3c(cc21)OCCCOc1cc2c(cc1OCCCCCCCO3)C(=O)N1CCC[C@H]1C(=O)N2C. The summed E-state index contributed by atoms with van der Waals surface area (Å²) in [5.74, 6) is 1.42. The van der Waals surface area contributed by atoms with Gasteiger partial charge in [0.15, 0.2) is 23.0 Å². The summed E-state index contributed by atoms with van der Waals surface area (Å²) in [6.45, 7) is 2.65. The first kappa shape index (κ1) is 32.1. The quantitative estimate of drug-likeness (QED) is 0.408. The minimum Gasteiger partial charge on any atom is -0.490 e. The number of hydrogen-bond acceptors (Lipinski definition) is 8. The van der Waals surface area contributed by atoms with E-state index in [4.69, 9.17) is 18.9 Å². The summed E-state index contributed by atoms with van der Waals surface area (Å²) in [6, 6.07) is 6.06. The lowest BCUT2D eigenvalue weighted by Gasteiger charge is -2.23. The van der Waals surface area contributed by atoms with Crippen molar-refractivity contribution >= 4 is 35.0 Å². The molecule has 2 aromatic carbocycles. The second-order valence-electron chi connectivity index (χ2n) is 13.3. The maximum Gasteiger partial charge on any atom is 0.256 e. The van der Waals surface area contributed by atoms with E-state index in [2.05, 4.69) is 0 Å². The van der Waals surface area contributed by atoms with Gasteiger partial charge < -0.3 is 38.5 Å². The predicted octanol–water partition coefficient (Wildman–Crippen LogP) is 4.42. The van der Waals surface area contributed by atoms with Gasteiger partial charge in [0.05, 0.1) is 48.9 Å². The van der Waals surface area contributed by atoms with Crippen molar-refractivity contribution in [1.82, 2.24) is 9.80 Å². The molecule has 5 aliphatic heterocycles. The Morgan fingerprint density at radius 3 is 1.31 bits per heavy atom. The number of nitrogens with zero attached hydrogens (tertiary/aromatic N) is 4. The van der Waals surface area contributed by atoms with E-state index in [1.54, 1.807) is 58.0 Å². The molecule has 0 bridgehead atoms. The largest absolute Gasteiger partial charge is 0.490 e. The van der Waals surface area contributed by atoms with Crippen molar-refractivity contribution in [2.45, 2.75) is 76.3 Å². The Morgan fingerprint density at radius 1 is 0.500 bits per heavy atom. The molecule has 0 radical (unpaired) electrons. The van der Waals surface area contributed by atoms with Crippen LogP contribution in [0.4, 0.5) is 11.4 Å². The maximum absolute atomic E-state index is 13.6. The molecule has 256 valence electrons. The molecule has 48 heavy (non-hydrogen) atoms. The van der Waals surface area contributed by atoms with E-state index in [1.165, 1.54) is 0 Å². The number of carbonyl (C=O) groups is 4. The standard InChI is InChI=1S/C36H44N4O8/c1-37-27-21-31-29(19-23(27)33(41)39-13-8-11-25(39)35(37)43)45-15-6-4-3-5-7-16-46-30-20-24-28(22-32(30)48-18-10-17-47-31)38(2)36(44)26-12-9-14-40(26)34(24)42/h19-22,25-26H,3-18H2,1-2H3/t25-,26-/m0/s1. The van der Waals surface area contributed by atoms with E-state index in [1.807, 2.05) is 0 Å². The van der Waals surface area contributed by atoms with Crippen LogP contribution in [0.5, 0.6) is 23.0 Å². The number of hydrogen-bond donors (Lipinski definition) is 0. The monoisotopic (exact) mass is 660 g/mol. The molecule has 0 N–H and O–H groups in total. The Hall–Kier alpha value is -4.48. The number of benzene rings is 2. The van der Waals surface area contributed by atoms with Gasteiger partial charge in [-0.1, -0.05) is 19.3 Å². The average molecular weight is 661 g/mol. The highest BCUT2D eigenvalue weighted by atomic mass is 16.5.